The van der Waals surface area contributed by atoms with Crippen LogP contribution in [0.5, 0.6) is 0 Å². The maximum Gasteiger partial charge on any atom is 0.416 e. The largest absolute Gasteiger partial charge is 0.416 e. The molecule has 0 aromatic heterocycles. The average Bonchev–Trinajstić information content (AvgIpc) is 3.18. The molecule has 1 atom stereocenters. The van der Waals surface area contributed by atoms with Crippen LogP contribution in [0.3, 0.4) is 0 Å². The van der Waals surface area contributed by atoms with E-state index in [4.69, 9.17) is 0 Å². The summed E-state index contributed by atoms with van der Waals surface area (Å²) in [5.74, 6) is 0.892. The number of benzene rings is 1. The summed E-state index contributed by atoms with van der Waals surface area (Å²) in [5.41, 5.74) is 0.387. The van der Waals surface area contributed by atoms with Crippen molar-refractivity contribution in [3.05, 3.63) is 35.4 Å². The lowest BCUT2D eigenvalue weighted by atomic mass is 9.99. The SMILES string of the molecule is CNC(CCC1CC1)Cc1ccc(C(F)(F)F)cc1. The Hall–Kier alpha value is -1.03. The topological polar surface area (TPSA) is 12.0 Å². The number of hydrogen-bond acceptors (Lipinski definition) is 1. The Balaban J connectivity index is 1.89. The average molecular weight is 271 g/mol. The van der Waals surface area contributed by atoms with E-state index in [1.807, 2.05) is 7.05 Å². The molecular weight excluding hydrogens is 251 g/mol. The van der Waals surface area contributed by atoms with E-state index in [9.17, 15) is 13.2 Å². The Labute approximate surface area is 112 Å². The van der Waals surface area contributed by atoms with Gasteiger partial charge >= 0.3 is 6.18 Å². The van der Waals surface area contributed by atoms with Crippen molar-refractivity contribution in [3.8, 4) is 0 Å². The zero-order valence-corrected chi connectivity index (χ0v) is 11.1. The van der Waals surface area contributed by atoms with Crippen molar-refractivity contribution in [1.82, 2.24) is 5.32 Å². The van der Waals surface area contributed by atoms with Crippen LogP contribution in [0.2, 0.25) is 0 Å². The Morgan fingerprint density at radius 1 is 1.21 bits per heavy atom. The van der Waals surface area contributed by atoms with Crippen molar-refractivity contribution in [2.24, 2.45) is 5.92 Å². The quantitative estimate of drug-likeness (QED) is 0.823. The molecule has 1 aliphatic carbocycles. The van der Waals surface area contributed by atoms with Crippen LogP contribution < -0.4 is 5.32 Å². The summed E-state index contributed by atoms with van der Waals surface area (Å²) in [5, 5.41) is 3.26. The van der Waals surface area contributed by atoms with Crippen LogP contribution in [0.4, 0.5) is 13.2 Å². The van der Waals surface area contributed by atoms with Gasteiger partial charge in [-0.3, -0.25) is 0 Å². The Morgan fingerprint density at radius 2 is 1.84 bits per heavy atom. The molecule has 1 unspecified atom stereocenters. The Kier molecular flexibility index (Phi) is 4.50. The third-order valence-electron chi connectivity index (χ3n) is 3.79. The first-order valence-electron chi connectivity index (χ1n) is 6.82. The molecule has 2 rings (SSSR count). The van der Waals surface area contributed by atoms with E-state index in [1.54, 1.807) is 12.1 Å². The molecule has 0 amide bonds. The predicted octanol–water partition coefficient (Wildman–Crippen LogP) is 4.03. The maximum absolute atomic E-state index is 12.5. The molecule has 0 radical (unpaired) electrons. The molecule has 0 saturated heterocycles. The summed E-state index contributed by atoms with van der Waals surface area (Å²) in [7, 11) is 1.92. The van der Waals surface area contributed by atoms with Gasteiger partial charge in [0.2, 0.25) is 0 Å². The fourth-order valence-electron chi connectivity index (χ4n) is 2.31. The third-order valence-corrected chi connectivity index (χ3v) is 3.79. The molecule has 106 valence electrons. The van der Waals surface area contributed by atoms with Crippen LogP contribution >= 0.6 is 0 Å². The molecule has 1 fully saturated rings. The lowest BCUT2D eigenvalue weighted by Gasteiger charge is -2.16. The molecule has 1 saturated carbocycles. The van der Waals surface area contributed by atoms with Gasteiger partial charge in [0.05, 0.1) is 5.56 Å². The molecule has 1 aromatic rings. The van der Waals surface area contributed by atoms with Crippen LogP contribution in [0, 0.1) is 5.92 Å². The minimum absolute atomic E-state index is 0.359. The van der Waals surface area contributed by atoms with E-state index >= 15 is 0 Å². The van der Waals surface area contributed by atoms with Crippen molar-refractivity contribution in [2.75, 3.05) is 7.05 Å². The van der Waals surface area contributed by atoms with E-state index in [0.29, 0.717) is 6.04 Å². The Morgan fingerprint density at radius 3 is 2.32 bits per heavy atom. The highest BCUT2D eigenvalue weighted by Gasteiger charge is 2.30. The first-order chi connectivity index (χ1) is 8.99. The number of halogens is 3. The van der Waals surface area contributed by atoms with E-state index in [2.05, 4.69) is 5.32 Å². The van der Waals surface area contributed by atoms with Gasteiger partial charge in [0.1, 0.15) is 0 Å². The van der Waals surface area contributed by atoms with Crippen molar-refractivity contribution >= 4 is 0 Å². The van der Waals surface area contributed by atoms with Crippen molar-refractivity contribution in [1.29, 1.82) is 0 Å². The van der Waals surface area contributed by atoms with Crippen molar-refractivity contribution < 1.29 is 13.2 Å². The zero-order valence-electron chi connectivity index (χ0n) is 11.1. The second kappa shape index (κ2) is 5.95. The molecule has 0 bridgehead atoms. The monoisotopic (exact) mass is 271 g/mol. The molecule has 1 nitrogen and oxygen atoms in total. The van der Waals surface area contributed by atoms with Gasteiger partial charge in [-0.05, 0) is 49.9 Å². The lowest BCUT2D eigenvalue weighted by molar-refractivity contribution is -0.137. The molecule has 19 heavy (non-hydrogen) atoms. The highest BCUT2D eigenvalue weighted by atomic mass is 19.4. The van der Waals surface area contributed by atoms with Crippen LogP contribution in [0.1, 0.15) is 36.8 Å². The lowest BCUT2D eigenvalue weighted by Crippen LogP contribution is -2.27. The molecule has 0 spiro atoms. The van der Waals surface area contributed by atoms with E-state index in [0.717, 1.165) is 24.3 Å². The normalized spacial score (nSPS) is 17.5. The number of rotatable bonds is 6. The van der Waals surface area contributed by atoms with Crippen molar-refractivity contribution in [3.63, 3.8) is 0 Å². The van der Waals surface area contributed by atoms with Crippen LogP contribution in [0.25, 0.3) is 0 Å². The molecular formula is C15H20F3N. The third kappa shape index (κ3) is 4.53. The van der Waals surface area contributed by atoms with E-state index < -0.39 is 11.7 Å². The molecule has 0 heterocycles. The summed E-state index contributed by atoms with van der Waals surface area (Å²) in [6, 6.07) is 5.87. The number of nitrogens with one attached hydrogen (secondary N) is 1. The first-order valence-corrected chi connectivity index (χ1v) is 6.82. The predicted molar refractivity (Wildman–Crippen MR) is 70.0 cm³/mol. The smallest absolute Gasteiger partial charge is 0.317 e. The zero-order chi connectivity index (χ0) is 13.9. The van der Waals surface area contributed by atoms with Gasteiger partial charge in [0.25, 0.3) is 0 Å². The fraction of sp³-hybridized carbons (Fsp3) is 0.600. The molecule has 1 aliphatic rings. The van der Waals surface area contributed by atoms with E-state index in [1.165, 1.54) is 31.4 Å². The number of alkyl halides is 3. The number of likely N-dealkylation sites (N-methyl/N-ethyl adjacent to an activating group) is 1. The Bertz CT molecular complexity index is 393. The van der Waals surface area contributed by atoms with Gasteiger partial charge in [0, 0.05) is 6.04 Å². The summed E-state index contributed by atoms with van der Waals surface area (Å²) in [6.45, 7) is 0. The summed E-state index contributed by atoms with van der Waals surface area (Å²) < 4.78 is 37.4. The summed E-state index contributed by atoms with van der Waals surface area (Å²) >= 11 is 0. The van der Waals surface area contributed by atoms with Gasteiger partial charge in [-0.2, -0.15) is 13.2 Å². The highest BCUT2D eigenvalue weighted by Crippen LogP contribution is 2.34. The maximum atomic E-state index is 12.5. The number of hydrogen-bond donors (Lipinski definition) is 1. The molecule has 0 aliphatic heterocycles. The van der Waals surface area contributed by atoms with Crippen LogP contribution in [-0.4, -0.2) is 13.1 Å². The van der Waals surface area contributed by atoms with Crippen molar-refractivity contribution in [2.45, 2.75) is 44.3 Å². The molecule has 4 heteroatoms. The minimum Gasteiger partial charge on any atom is -0.317 e. The first kappa shape index (κ1) is 14.4. The second-order valence-corrected chi connectivity index (χ2v) is 5.41. The van der Waals surface area contributed by atoms with E-state index in [-0.39, 0.29) is 0 Å². The highest BCUT2D eigenvalue weighted by molar-refractivity contribution is 5.25. The fourth-order valence-corrected chi connectivity index (χ4v) is 2.31. The molecule has 1 aromatic carbocycles. The van der Waals surface area contributed by atoms with Crippen LogP contribution in [0.15, 0.2) is 24.3 Å². The standard InChI is InChI=1S/C15H20F3N/c1-19-14(9-6-11-2-3-11)10-12-4-7-13(8-5-12)15(16,17)18/h4-5,7-8,11,14,19H,2-3,6,9-10H2,1H3. The summed E-state index contributed by atoms with van der Waals surface area (Å²) in [4.78, 5) is 0. The summed E-state index contributed by atoms with van der Waals surface area (Å²) in [6.07, 6.45) is 1.57. The van der Waals surface area contributed by atoms with Gasteiger partial charge in [-0.25, -0.2) is 0 Å². The van der Waals surface area contributed by atoms with Gasteiger partial charge < -0.3 is 5.32 Å². The van der Waals surface area contributed by atoms with Gasteiger partial charge in [0.15, 0.2) is 0 Å². The molecule has 1 N–H and O–H groups in total. The van der Waals surface area contributed by atoms with Crippen LogP contribution in [-0.2, 0) is 12.6 Å². The second-order valence-electron chi connectivity index (χ2n) is 5.41. The minimum atomic E-state index is -4.24. The van der Waals surface area contributed by atoms with Gasteiger partial charge in [-0.15, -0.1) is 0 Å². The van der Waals surface area contributed by atoms with Gasteiger partial charge in [-0.1, -0.05) is 25.0 Å².